The van der Waals surface area contributed by atoms with Crippen LogP contribution in [-0.2, 0) is 11.3 Å². The van der Waals surface area contributed by atoms with E-state index in [1.807, 2.05) is 37.9 Å². The van der Waals surface area contributed by atoms with Gasteiger partial charge in [-0.05, 0) is 58.6 Å². The Labute approximate surface area is 133 Å². The molecule has 2 atom stereocenters. The van der Waals surface area contributed by atoms with Crippen LogP contribution in [0.15, 0.2) is 18.3 Å². The van der Waals surface area contributed by atoms with Gasteiger partial charge in [-0.3, -0.25) is 0 Å². The molecule has 2 N–H and O–H groups in total. The van der Waals surface area contributed by atoms with Crippen LogP contribution in [0, 0.1) is 5.92 Å². The van der Waals surface area contributed by atoms with E-state index in [9.17, 15) is 4.79 Å². The second-order valence-electron chi connectivity index (χ2n) is 7.19. The average Bonchev–Trinajstić information content (AvgIpc) is 2.96. The summed E-state index contributed by atoms with van der Waals surface area (Å²) in [6.45, 7) is 10.3. The highest BCUT2D eigenvalue weighted by molar-refractivity contribution is 5.68. The maximum Gasteiger partial charge on any atom is 0.410 e. The Morgan fingerprint density at radius 3 is 2.95 bits per heavy atom. The molecule has 2 heterocycles. The van der Waals surface area contributed by atoms with Crippen LogP contribution in [0.25, 0.3) is 0 Å². The molecule has 1 aliphatic heterocycles. The van der Waals surface area contributed by atoms with Gasteiger partial charge in [-0.25, -0.2) is 4.79 Å². The second kappa shape index (κ2) is 7.18. The summed E-state index contributed by atoms with van der Waals surface area (Å²) < 4.78 is 5.49. The molecule has 1 amide bonds. The predicted octanol–water partition coefficient (Wildman–Crippen LogP) is 3.14. The standard InChI is InChI=1S/C17H29N3O2/c1-13(19-11-15-8-5-9-18-15)14-7-6-10-20(12-14)16(21)22-17(2,3)4/h5,8-9,13-14,18-19H,6-7,10-12H2,1-4H3. The molecule has 0 spiro atoms. The number of amides is 1. The molecule has 2 unspecified atom stereocenters. The van der Waals surface area contributed by atoms with Crippen molar-refractivity contribution in [3.63, 3.8) is 0 Å². The van der Waals surface area contributed by atoms with Gasteiger partial charge in [0.15, 0.2) is 0 Å². The Morgan fingerprint density at radius 2 is 2.32 bits per heavy atom. The molecule has 0 bridgehead atoms. The number of hydrogen-bond donors (Lipinski definition) is 2. The predicted molar refractivity (Wildman–Crippen MR) is 87.6 cm³/mol. The largest absolute Gasteiger partial charge is 0.444 e. The van der Waals surface area contributed by atoms with Crippen LogP contribution in [0.5, 0.6) is 0 Å². The number of piperidine rings is 1. The van der Waals surface area contributed by atoms with Crippen molar-refractivity contribution in [2.45, 2.75) is 58.7 Å². The van der Waals surface area contributed by atoms with E-state index >= 15 is 0 Å². The summed E-state index contributed by atoms with van der Waals surface area (Å²) in [5, 5.41) is 3.55. The number of rotatable bonds is 4. The number of carbonyl (C=O) groups is 1. The summed E-state index contributed by atoms with van der Waals surface area (Å²) in [6.07, 6.45) is 3.94. The molecule has 0 saturated carbocycles. The summed E-state index contributed by atoms with van der Waals surface area (Å²) >= 11 is 0. The first kappa shape index (κ1) is 16.9. The molecule has 0 radical (unpaired) electrons. The molecule has 1 aromatic rings. The number of nitrogens with zero attached hydrogens (tertiary/aromatic N) is 1. The zero-order valence-electron chi connectivity index (χ0n) is 14.2. The van der Waals surface area contributed by atoms with Crippen molar-refractivity contribution in [2.75, 3.05) is 13.1 Å². The molecule has 1 saturated heterocycles. The normalized spacial score (nSPS) is 20.7. The third kappa shape index (κ3) is 5.05. The van der Waals surface area contributed by atoms with Crippen LogP contribution in [-0.4, -0.2) is 40.7 Å². The number of H-pyrrole nitrogens is 1. The van der Waals surface area contributed by atoms with Crippen LogP contribution in [0.3, 0.4) is 0 Å². The molecular formula is C17H29N3O2. The zero-order chi connectivity index (χ0) is 16.2. The monoisotopic (exact) mass is 307 g/mol. The molecular weight excluding hydrogens is 278 g/mol. The van der Waals surface area contributed by atoms with E-state index in [1.54, 1.807) is 0 Å². The topological polar surface area (TPSA) is 57.4 Å². The van der Waals surface area contributed by atoms with Gasteiger partial charge in [0.2, 0.25) is 0 Å². The van der Waals surface area contributed by atoms with Gasteiger partial charge in [0.25, 0.3) is 0 Å². The SMILES string of the molecule is CC(NCc1ccc[nH]1)C1CCCN(C(=O)OC(C)(C)C)C1. The fourth-order valence-electron chi connectivity index (χ4n) is 2.83. The minimum absolute atomic E-state index is 0.186. The highest BCUT2D eigenvalue weighted by Gasteiger charge is 2.29. The molecule has 5 heteroatoms. The fraction of sp³-hybridized carbons (Fsp3) is 0.706. The highest BCUT2D eigenvalue weighted by Crippen LogP contribution is 2.22. The molecule has 1 aromatic heterocycles. The van der Waals surface area contributed by atoms with Gasteiger partial charge < -0.3 is 19.9 Å². The van der Waals surface area contributed by atoms with Crippen LogP contribution in [0.4, 0.5) is 4.79 Å². The van der Waals surface area contributed by atoms with E-state index in [1.165, 1.54) is 5.69 Å². The summed E-state index contributed by atoms with van der Waals surface area (Å²) in [5.41, 5.74) is 0.758. The maximum atomic E-state index is 12.2. The number of carbonyl (C=O) groups excluding carboxylic acids is 1. The number of likely N-dealkylation sites (tertiary alicyclic amines) is 1. The first-order valence-electron chi connectivity index (χ1n) is 8.19. The quantitative estimate of drug-likeness (QED) is 0.898. The molecule has 22 heavy (non-hydrogen) atoms. The van der Waals surface area contributed by atoms with Crippen molar-refractivity contribution in [3.05, 3.63) is 24.0 Å². The summed E-state index contributed by atoms with van der Waals surface area (Å²) in [5.74, 6) is 0.469. The van der Waals surface area contributed by atoms with Gasteiger partial charge in [0, 0.05) is 37.6 Å². The van der Waals surface area contributed by atoms with E-state index < -0.39 is 5.60 Å². The Morgan fingerprint density at radius 1 is 1.55 bits per heavy atom. The van der Waals surface area contributed by atoms with E-state index in [0.29, 0.717) is 12.0 Å². The van der Waals surface area contributed by atoms with Crippen LogP contribution in [0.2, 0.25) is 0 Å². The average molecular weight is 307 g/mol. The minimum atomic E-state index is -0.429. The van der Waals surface area contributed by atoms with Crippen LogP contribution in [0.1, 0.15) is 46.2 Å². The Kier molecular flexibility index (Phi) is 5.51. The third-order valence-corrected chi connectivity index (χ3v) is 4.09. The van der Waals surface area contributed by atoms with Crippen LogP contribution >= 0.6 is 0 Å². The molecule has 5 nitrogen and oxygen atoms in total. The summed E-state index contributed by atoms with van der Waals surface area (Å²) in [6, 6.07) is 4.45. The number of aromatic amines is 1. The maximum absolute atomic E-state index is 12.2. The number of ether oxygens (including phenoxy) is 1. The van der Waals surface area contributed by atoms with E-state index in [-0.39, 0.29) is 6.09 Å². The van der Waals surface area contributed by atoms with Gasteiger partial charge >= 0.3 is 6.09 Å². The molecule has 0 aliphatic carbocycles. The van der Waals surface area contributed by atoms with E-state index in [2.05, 4.69) is 23.3 Å². The molecule has 1 aliphatic rings. The van der Waals surface area contributed by atoms with Gasteiger partial charge in [-0.15, -0.1) is 0 Å². The van der Waals surface area contributed by atoms with Gasteiger partial charge in [0.05, 0.1) is 0 Å². The second-order valence-corrected chi connectivity index (χ2v) is 7.19. The van der Waals surface area contributed by atoms with Gasteiger partial charge in [0.1, 0.15) is 5.60 Å². The van der Waals surface area contributed by atoms with Crippen molar-refractivity contribution < 1.29 is 9.53 Å². The number of aromatic nitrogens is 1. The lowest BCUT2D eigenvalue weighted by molar-refractivity contribution is 0.0148. The minimum Gasteiger partial charge on any atom is -0.444 e. The lowest BCUT2D eigenvalue weighted by Crippen LogP contribution is -2.47. The van der Waals surface area contributed by atoms with Crippen LogP contribution < -0.4 is 5.32 Å². The molecule has 1 fully saturated rings. The first-order valence-corrected chi connectivity index (χ1v) is 8.19. The summed E-state index contributed by atoms with van der Waals surface area (Å²) in [7, 11) is 0. The number of hydrogen-bond acceptors (Lipinski definition) is 3. The third-order valence-electron chi connectivity index (χ3n) is 4.09. The van der Waals surface area contributed by atoms with E-state index in [4.69, 9.17) is 4.74 Å². The molecule has 0 aromatic carbocycles. The Balaban J connectivity index is 1.82. The Hall–Kier alpha value is -1.49. The molecule has 2 rings (SSSR count). The first-order chi connectivity index (χ1) is 10.3. The Bertz CT molecular complexity index is 465. The van der Waals surface area contributed by atoms with E-state index in [0.717, 1.165) is 32.5 Å². The van der Waals surface area contributed by atoms with Crippen molar-refractivity contribution in [3.8, 4) is 0 Å². The lowest BCUT2D eigenvalue weighted by atomic mass is 9.91. The zero-order valence-corrected chi connectivity index (χ0v) is 14.2. The lowest BCUT2D eigenvalue weighted by Gasteiger charge is -2.36. The molecule has 124 valence electrons. The van der Waals surface area contributed by atoms with Gasteiger partial charge in [-0.2, -0.15) is 0 Å². The van der Waals surface area contributed by atoms with Gasteiger partial charge in [-0.1, -0.05) is 0 Å². The van der Waals surface area contributed by atoms with Crippen molar-refractivity contribution in [1.82, 2.24) is 15.2 Å². The van der Waals surface area contributed by atoms with Crippen molar-refractivity contribution in [1.29, 1.82) is 0 Å². The highest BCUT2D eigenvalue weighted by atomic mass is 16.6. The fourth-order valence-corrected chi connectivity index (χ4v) is 2.83. The van der Waals surface area contributed by atoms with Crippen molar-refractivity contribution >= 4 is 6.09 Å². The number of nitrogens with one attached hydrogen (secondary N) is 2. The summed E-state index contributed by atoms with van der Waals surface area (Å²) in [4.78, 5) is 17.3. The van der Waals surface area contributed by atoms with Crippen molar-refractivity contribution in [2.24, 2.45) is 5.92 Å². The smallest absolute Gasteiger partial charge is 0.410 e.